The third-order valence-electron chi connectivity index (χ3n) is 1.38. The van der Waals surface area contributed by atoms with E-state index in [1.807, 2.05) is 24.4 Å². The predicted octanol–water partition coefficient (Wildman–Crippen LogP) is 2.64. The summed E-state index contributed by atoms with van der Waals surface area (Å²) in [5, 5.41) is 0. The summed E-state index contributed by atoms with van der Waals surface area (Å²) in [6.45, 7) is 0. The Hall–Kier alpha value is -0.760. The van der Waals surface area contributed by atoms with Crippen molar-refractivity contribution < 1.29 is 0 Å². The maximum Gasteiger partial charge on any atom is 0.0460 e. The minimum Gasteiger partial charge on any atom is -0.329 e. The summed E-state index contributed by atoms with van der Waals surface area (Å²) in [5.41, 5.74) is 1.33. The lowest BCUT2D eigenvalue weighted by Crippen LogP contribution is -1.83. The first kappa shape index (κ1) is 8.34. The highest BCUT2D eigenvalue weighted by Crippen LogP contribution is 1.99. The molecule has 1 aromatic rings. The Balaban J connectivity index is 2.45. The van der Waals surface area contributed by atoms with E-state index < -0.39 is 0 Å². The lowest BCUT2D eigenvalue weighted by molar-refractivity contribution is 1.24. The first-order valence-corrected chi connectivity index (χ1v) is 4.28. The van der Waals surface area contributed by atoms with E-state index in [2.05, 4.69) is 38.7 Å². The molecule has 0 fully saturated rings. The Kier molecular flexibility index (Phi) is 3.76. The van der Waals surface area contributed by atoms with E-state index in [4.69, 9.17) is 0 Å². The second-order valence-corrected chi connectivity index (χ2v) is 2.66. The number of benzene rings is 1. The Morgan fingerprint density at radius 2 is 2.00 bits per heavy atom. The van der Waals surface area contributed by atoms with Crippen LogP contribution in [0.5, 0.6) is 0 Å². The average molecular weight is 212 g/mol. The molecule has 0 aliphatic carbocycles. The lowest BCUT2D eigenvalue weighted by Gasteiger charge is -1.92. The van der Waals surface area contributed by atoms with E-state index >= 15 is 0 Å². The van der Waals surface area contributed by atoms with Crippen molar-refractivity contribution in [1.29, 1.82) is 0 Å². The summed E-state index contributed by atoms with van der Waals surface area (Å²) in [4.78, 5) is 0. The second-order valence-electron chi connectivity index (χ2n) is 2.20. The van der Waals surface area contributed by atoms with Crippen molar-refractivity contribution in [3.8, 4) is 0 Å². The van der Waals surface area contributed by atoms with Gasteiger partial charge in [0, 0.05) is 22.3 Å². The van der Waals surface area contributed by atoms with Gasteiger partial charge in [0.15, 0.2) is 0 Å². The highest BCUT2D eigenvalue weighted by molar-refractivity contribution is 9.08. The number of allylic oxidation sites excluding steroid dienone is 1. The van der Waals surface area contributed by atoms with E-state index in [1.165, 1.54) is 5.56 Å². The number of hydrogen-bond acceptors (Lipinski definition) is 1. The van der Waals surface area contributed by atoms with Gasteiger partial charge in [-0.1, -0.05) is 36.4 Å². The molecule has 0 bridgehead atoms. The van der Waals surface area contributed by atoms with Crippen molar-refractivity contribution >= 4 is 16.1 Å². The Morgan fingerprint density at radius 1 is 1.27 bits per heavy atom. The first-order valence-electron chi connectivity index (χ1n) is 3.48. The minimum absolute atomic E-state index is 0.972. The van der Waals surface area contributed by atoms with Crippen molar-refractivity contribution in [2.75, 3.05) is 0 Å². The van der Waals surface area contributed by atoms with Crippen molar-refractivity contribution in [1.82, 2.24) is 4.34 Å². The maximum atomic E-state index is 3.09. The fourth-order valence-corrected chi connectivity index (χ4v) is 1.04. The van der Waals surface area contributed by atoms with Crippen LogP contribution in [0.25, 0.3) is 0 Å². The molecule has 0 saturated carbocycles. The fourth-order valence-electron chi connectivity index (χ4n) is 0.854. The van der Waals surface area contributed by atoms with Crippen LogP contribution in [-0.2, 0) is 6.42 Å². The SMILES string of the molecule is BrNC=CCc1ccccc1. The minimum atomic E-state index is 0.972. The molecule has 0 heterocycles. The van der Waals surface area contributed by atoms with Crippen LogP contribution in [-0.4, -0.2) is 0 Å². The summed E-state index contributed by atoms with van der Waals surface area (Å²) in [6.07, 6.45) is 4.90. The number of rotatable bonds is 3. The van der Waals surface area contributed by atoms with Gasteiger partial charge in [0.25, 0.3) is 0 Å². The standard InChI is InChI=1S/C9H10BrN/c10-11-8-4-7-9-5-2-1-3-6-9/h1-6,8,11H,7H2. The zero-order valence-corrected chi connectivity index (χ0v) is 7.71. The topological polar surface area (TPSA) is 12.0 Å². The van der Waals surface area contributed by atoms with Gasteiger partial charge in [0.05, 0.1) is 0 Å². The Bertz CT molecular complexity index is 218. The molecular weight excluding hydrogens is 202 g/mol. The maximum absolute atomic E-state index is 3.09. The van der Waals surface area contributed by atoms with Gasteiger partial charge < -0.3 is 4.34 Å². The molecule has 1 aromatic carbocycles. The summed E-state index contributed by atoms with van der Waals surface area (Å²) in [5.74, 6) is 0. The number of halogens is 1. The molecule has 0 aliphatic heterocycles. The molecule has 1 nitrogen and oxygen atoms in total. The highest BCUT2D eigenvalue weighted by atomic mass is 79.9. The zero-order valence-electron chi connectivity index (χ0n) is 6.13. The normalized spacial score (nSPS) is 10.3. The molecule has 0 atom stereocenters. The molecule has 11 heavy (non-hydrogen) atoms. The van der Waals surface area contributed by atoms with Crippen molar-refractivity contribution in [2.45, 2.75) is 6.42 Å². The summed E-state index contributed by atoms with van der Waals surface area (Å²) >= 11 is 3.09. The van der Waals surface area contributed by atoms with Crippen LogP contribution < -0.4 is 4.34 Å². The molecule has 0 aromatic heterocycles. The molecular formula is C9H10BrN. The molecule has 0 unspecified atom stereocenters. The molecule has 2 heteroatoms. The van der Waals surface area contributed by atoms with E-state index in [1.54, 1.807) is 0 Å². The van der Waals surface area contributed by atoms with Crippen LogP contribution >= 0.6 is 16.1 Å². The molecule has 0 saturated heterocycles. The zero-order chi connectivity index (χ0) is 7.94. The smallest absolute Gasteiger partial charge is 0.0460 e. The first-order chi connectivity index (χ1) is 5.43. The van der Waals surface area contributed by atoms with Gasteiger partial charge in [0.1, 0.15) is 0 Å². The van der Waals surface area contributed by atoms with Gasteiger partial charge in [0.2, 0.25) is 0 Å². The third kappa shape index (κ3) is 3.23. The average Bonchev–Trinajstić information content (AvgIpc) is 2.07. The van der Waals surface area contributed by atoms with Crippen LogP contribution in [0, 0.1) is 0 Å². The largest absolute Gasteiger partial charge is 0.329 e. The van der Waals surface area contributed by atoms with Crippen LogP contribution in [0.15, 0.2) is 42.6 Å². The van der Waals surface area contributed by atoms with Crippen LogP contribution in [0.2, 0.25) is 0 Å². The Labute approximate surface area is 75.5 Å². The van der Waals surface area contributed by atoms with E-state index in [-0.39, 0.29) is 0 Å². The summed E-state index contributed by atoms with van der Waals surface area (Å²) in [7, 11) is 0. The third-order valence-corrected chi connectivity index (χ3v) is 1.64. The number of nitrogens with one attached hydrogen (secondary N) is 1. The fraction of sp³-hybridized carbons (Fsp3) is 0.111. The van der Waals surface area contributed by atoms with Gasteiger partial charge in [-0.2, -0.15) is 0 Å². The molecule has 0 amide bonds. The molecule has 0 aliphatic rings. The van der Waals surface area contributed by atoms with Gasteiger partial charge in [-0.3, -0.25) is 0 Å². The van der Waals surface area contributed by atoms with Crippen molar-refractivity contribution in [2.24, 2.45) is 0 Å². The van der Waals surface area contributed by atoms with Crippen LogP contribution in [0.3, 0.4) is 0 Å². The lowest BCUT2D eigenvalue weighted by atomic mass is 10.1. The van der Waals surface area contributed by atoms with E-state index in [9.17, 15) is 0 Å². The van der Waals surface area contributed by atoms with E-state index in [0.29, 0.717) is 0 Å². The predicted molar refractivity (Wildman–Crippen MR) is 51.3 cm³/mol. The summed E-state index contributed by atoms with van der Waals surface area (Å²) < 4.78 is 2.77. The quantitative estimate of drug-likeness (QED) is 0.759. The molecule has 1 N–H and O–H groups in total. The van der Waals surface area contributed by atoms with Crippen molar-refractivity contribution in [3.63, 3.8) is 0 Å². The molecule has 0 spiro atoms. The molecule has 58 valence electrons. The van der Waals surface area contributed by atoms with Crippen LogP contribution in [0.4, 0.5) is 0 Å². The number of hydrogen-bond donors (Lipinski definition) is 1. The van der Waals surface area contributed by atoms with Gasteiger partial charge in [-0.25, -0.2) is 0 Å². The summed E-state index contributed by atoms with van der Waals surface area (Å²) in [6, 6.07) is 10.3. The van der Waals surface area contributed by atoms with Gasteiger partial charge in [-0.05, 0) is 12.0 Å². The highest BCUT2D eigenvalue weighted by Gasteiger charge is 1.83. The van der Waals surface area contributed by atoms with Crippen LogP contribution in [0.1, 0.15) is 5.56 Å². The van der Waals surface area contributed by atoms with Crippen molar-refractivity contribution in [3.05, 3.63) is 48.2 Å². The molecule has 1 rings (SSSR count). The monoisotopic (exact) mass is 211 g/mol. The second kappa shape index (κ2) is 4.97. The van der Waals surface area contributed by atoms with E-state index in [0.717, 1.165) is 6.42 Å². The Morgan fingerprint density at radius 3 is 2.64 bits per heavy atom. The van der Waals surface area contributed by atoms with Gasteiger partial charge >= 0.3 is 0 Å². The van der Waals surface area contributed by atoms with Gasteiger partial charge in [-0.15, -0.1) is 0 Å². The molecule has 0 radical (unpaired) electrons.